The number of halogens is 8. The molecule has 0 aliphatic heterocycles. The van der Waals surface area contributed by atoms with Crippen molar-refractivity contribution >= 4 is 24.0 Å². The summed E-state index contributed by atoms with van der Waals surface area (Å²) < 4.78 is 84.3. The molecule has 3 aromatic heterocycles. The minimum Gasteiger partial charge on any atom is -0.402 e. The van der Waals surface area contributed by atoms with Crippen LogP contribution in [0.2, 0.25) is 5.02 Å². The molecule has 2 atom stereocenters. The Labute approximate surface area is 242 Å². The molecule has 0 amide bonds. The molecule has 0 radical (unpaired) electrons. The van der Waals surface area contributed by atoms with Crippen molar-refractivity contribution in [1.29, 1.82) is 0 Å². The number of nitrogens with two attached hydrogens (primary N) is 1. The van der Waals surface area contributed by atoms with Crippen molar-refractivity contribution < 1.29 is 41.3 Å². The number of aliphatic hydroxyl groups is 2. The second-order valence-corrected chi connectivity index (χ2v) is 8.84. The fourth-order valence-corrected chi connectivity index (χ4v) is 3.72. The molecule has 1 aromatic carbocycles. The third-order valence-corrected chi connectivity index (χ3v) is 5.68. The van der Waals surface area contributed by atoms with E-state index in [4.69, 9.17) is 17.3 Å². The summed E-state index contributed by atoms with van der Waals surface area (Å²) in [7, 11) is 0. The maximum Gasteiger partial charge on any atom is 0.573 e. The summed E-state index contributed by atoms with van der Waals surface area (Å²) in [5.41, 5.74) is 4.95. The maximum absolute atomic E-state index is 13.1. The fourth-order valence-electron chi connectivity index (χ4n) is 3.59. The summed E-state index contributed by atoms with van der Waals surface area (Å²) in [5.74, 6) is -2.09. The topological polar surface area (TPSA) is 159 Å². The zero-order valence-electron chi connectivity index (χ0n) is 20.8. The average molecular weight is 645 g/mol. The van der Waals surface area contributed by atoms with Gasteiger partial charge in [-0.1, -0.05) is 11.6 Å². The van der Waals surface area contributed by atoms with E-state index in [0.29, 0.717) is 14.3 Å². The zero-order chi connectivity index (χ0) is 30.1. The van der Waals surface area contributed by atoms with Crippen LogP contribution in [0.15, 0.2) is 47.4 Å². The molecule has 228 valence electrons. The predicted octanol–water partition coefficient (Wildman–Crippen LogP) is 2.62. The van der Waals surface area contributed by atoms with Gasteiger partial charge < -0.3 is 20.7 Å². The quantitative estimate of drug-likeness (QED) is 0.233. The van der Waals surface area contributed by atoms with E-state index in [0.717, 1.165) is 23.0 Å². The molecule has 20 heteroatoms. The Morgan fingerprint density at radius 1 is 1.07 bits per heavy atom. The first kappa shape index (κ1) is 32.8. The summed E-state index contributed by atoms with van der Waals surface area (Å²) in [6.45, 7) is -2.52. The number of nitrogens with zero attached hydrogens (tertiary/aromatic N) is 7. The Hall–Kier alpha value is -3.71. The van der Waals surface area contributed by atoms with Crippen molar-refractivity contribution in [3.05, 3.63) is 69.8 Å². The third-order valence-electron chi connectivity index (χ3n) is 5.43. The van der Waals surface area contributed by atoms with Crippen LogP contribution in [0.3, 0.4) is 0 Å². The molecule has 3 heterocycles. The first-order valence-electron chi connectivity index (χ1n) is 11.4. The van der Waals surface area contributed by atoms with E-state index < -0.39 is 61.6 Å². The average Bonchev–Trinajstić information content (AvgIpc) is 3.44. The Balaban J connectivity index is 0.00000484. The van der Waals surface area contributed by atoms with Gasteiger partial charge in [-0.15, -0.1) is 35.8 Å². The van der Waals surface area contributed by atoms with Crippen LogP contribution in [-0.2, 0) is 13.1 Å². The second-order valence-electron chi connectivity index (χ2n) is 8.40. The standard InChI is InChI=1S/C22H19ClF6N8O4.ClH/c23-12-5-3-11(4-6-12)17-34-36(20(40)35(17)8-15(39)21(24,25)26)9-16-32-18(13(30)10-38)37(33-16)19-14(2-1-7-31-19)41-22(27,28)29;/h1-7,13,15,38-39H,8-10,30H2;1H/t13?,15-;/m0./s1. The molecule has 4 aromatic rings. The molecule has 0 spiro atoms. The van der Waals surface area contributed by atoms with E-state index in [2.05, 4.69) is 24.9 Å². The maximum atomic E-state index is 13.1. The van der Waals surface area contributed by atoms with Crippen molar-refractivity contribution in [3.63, 3.8) is 0 Å². The number of hydrogen-bond donors (Lipinski definition) is 3. The summed E-state index contributed by atoms with van der Waals surface area (Å²) in [6.07, 6.45) is -11.9. The van der Waals surface area contributed by atoms with Gasteiger partial charge in [0.05, 0.1) is 19.2 Å². The highest BCUT2D eigenvalue weighted by Crippen LogP contribution is 2.29. The number of benzene rings is 1. The second kappa shape index (κ2) is 12.7. The minimum absolute atomic E-state index is 0. The lowest BCUT2D eigenvalue weighted by atomic mass is 10.2. The molecule has 4 rings (SSSR count). The summed E-state index contributed by atoms with van der Waals surface area (Å²) in [4.78, 5) is 21.1. The highest BCUT2D eigenvalue weighted by Gasteiger charge is 2.39. The number of pyridine rings is 1. The Kier molecular flexibility index (Phi) is 9.88. The van der Waals surface area contributed by atoms with Crippen molar-refractivity contribution in [3.8, 4) is 23.0 Å². The Morgan fingerprint density at radius 2 is 1.74 bits per heavy atom. The smallest absolute Gasteiger partial charge is 0.402 e. The molecule has 42 heavy (non-hydrogen) atoms. The number of aromatic nitrogens is 7. The van der Waals surface area contributed by atoms with Gasteiger partial charge in [0, 0.05) is 16.8 Å². The SMILES string of the molecule is Cl.NC(CO)c1nc(Cn2nc(-c3ccc(Cl)cc3)n(C[C@H](O)C(F)(F)F)c2=O)nn1-c1ncccc1OC(F)(F)F. The lowest BCUT2D eigenvalue weighted by Crippen LogP contribution is -2.37. The monoisotopic (exact) mass is 644 g/mol. The number of alkyl halides is 6. The largest absolute Gasteiger partial charge is 0.573 e. The number of aliphatic hydroxyl groups excluding tert-OH is 2. The summed E-state index contributed by atoms with van der Waals surface area (Å²) in [6, 6.07) is 6.42. The van der Waals surface area contributed by atoms with Crippen molar-refractivity contribution in [2.45, 2.75) is 37.8 Å². The number of hydrogen-bond acceptors (Lipinski definition) is 9. The van der Waals surface area contributed by atoms with Gasteiger partial charge in [-0.25, -0.2) is 19.4 Å². The van der Waals surface area contributed by atoms with Crippen LogP contribution in [0, 0.1) is 0 Å². The molecular weight excluding hydrogens is 625 g/mol. The van der Waals surface area contributed by atoms with E-state index in [1.165, 1.54) is 24.3 Å². The number of rotatable bonds is 9. The molecule has 0 saturated carbocycles. The molecular formula is C22H20Cl2F6N8O4. The van der Waals surface area contributed by atoms with E-state index >= 15 is 0 Å². The molecule has 0 aliphatic rings. The highest BCUT2D eigenvalue weighted by molar-refractivity contribution is 6.30. The van der Waals surface area contributed by atoms with Crippen molar-refractivity contribution in [2.24, 2.45) is 5.73 Å². The Morgan fingerprint density at radius 3 is 2.33 bits per heavy atom. The molecule has 12 nitrogen and oxygen atoms in total. The molecule has 0 bridgehead atoms. The number of ether oxygens (including phenoxy) is 1. The van der Waals surface area contributed by atoms with Crippen LogP contribution in [-0.4, -0.2) is 69.6 Å². The van der Waals surface area contributed by atoms with Gasteiger partial charge >= 0.3 is 18.2 Å². The van der Waals surface area contributed by atoms with E-state index in [1.807, 2.05) is 0 Å². The van der Waals surface area contributed by atoms with Gasteiger partial charge in [-0.3, -0.25) is 4.57 Å². The van der Waals surface area contributed by atoms with Crippen molar-refractivity contribution in [1.82, 2.24) is 34.1 Å². The Bertz CT molecular complexity index is 1570. The van der Waals surface area contributed by atoms with Gasteiger partial charge in [-0.05, 0) is 36.4 Å². The molecule has 0 saturated heterocycles. The zero-order valence-corrected chi connectivity index (χ0v) is 22.4. The third kappa shape index (κ3) is 7.37. The lowest BCUT2D eigenvalue weighted by Gasteiger charge is -2.15. The van der Waals surface area contributed by atoms with Crippen LogP contribution in [0.25, 0.3) is 17.2 Å². The minimum atomic E-state index is -5.10. The lowest BCUT2D eigenvalue weighted by molar-refractivity contribution is -0.274. The predicted molar refractivity (Wildman–Crippen MR) is 135 cm³/mol. The highest BCUT2D eigenvalue weighted by atomic mass is 35.5. The summed E-state index contributed by atoms with van der Waals surface area (Å²) in [5, 5.41) is 27.6. The van der Waals surface area contributed by atoms with Gasteiger partial charge in [0.2, 0.25) is 0 Å². The van der Waals surface area contributed by atoms with Crippen molar-refractivity contribution in [2.75, 3.05) is 6.61 Å². The normalized spacial score (nSPS) is 13.5. The van der Waals surface area contributed by atoms with Gasteiger partial charge in [0.1, 0.15) is 6.54 Å². The van der Waals surface area contributed by atoms with Crippen LogP contribution < -0.4 is 16.2 Å². The fraction of sp³-hybridized carbons (Fsp3) is 0.318. The summed E-state index contributed by atoms with van der Waals surface area (Å²) >= 11 is 5.87. The molecule has 0 fully saturated rings. The van der Waals surface area contributed by atoms with Gasteiger partial charge in [-0.2, -0.15) is 17.9 Å². The van der Waals surface area contributed by atoms with Crippen LogP contribution in [0.5, 0.6) is 5.75 Å². The molecule has 0 aliphatic carbocycles. The van der Waals surface area contributed by atoms with Gasteiger partial charge in [0.25, 0.3) is 0 Å². The van der Waals surface area contributed by atoms with Crippen LogP contribution >= 0.6 is 24.0 Å². The van der Waals surface area contributed by atoms with Gasteiger partial charge in [0.15, 0.2) is 35.1 Å². The molecule has 4 N–H and O–H groups in total. The first-order valence-corrected chi connectivity index (χ1v) is 11.8. The molecule has 1 unspecified atom stereocenters. The van der Waals surface area contributed by atoms with E-state index in [-0.39, 0.29) is 35.4 Å². The van der Waals surface area contributed by atoms with Crippen LogP contribution in [0.4, 0.5) is 26.3 Å². The first-order chi connectivity index (χ1) is 19.2. The van der Waals surface area contributed by atoms with Crippen LogP contribution in [0.1, 0.15) is 17.7 Å². The van der Waals surface area contributed by atoms with E-state index in [9.17, 15) is 41.4 Å². The van der Waals surface area contributed by atoms with E-state index in [1.54, 1.807) is 0 Å².